The van der Waals surface area contributed by atoms with Crippen LogP contribution < -0.4 is 14.9 Å². The van der Waals surface area contributed by atoms with E-state index in [4.69, 9.17) is 9.47 Å². The first-order valence-electron chi connectivity index (χ1n) is 6.91. The number of aryl methyl sites for hydroxylation is 1. The third-order valence-electron chi connectivity index (χ3n) is 3.24. The molecular formula is C15H16N6O2. The van der Waals surface area contributed by atoms with Crippen LogP contribution in [0.2, 0.25) is 0 Å². The van der Waals surface area contributed by atoms with Crippen molar-refractivity contribution in [2.45, 2.75) is 6.92 Å². The molecule has 0 saturated carbocycles. The van der Waals surface area contributed by atoms with E-state index in [1.807, 2.05) is 25.1 Å². The molecule has 0 aliphatic heterocycles. The monoisotopic (exact) mass is 312 g/mol. The lowest BCUT2D eigenvalue weighted by Crippen LogP contribution is -2.00. The van der Waals surface area contributed by atoms with Gasteiger partial charge in [-0.2, -0.15) is 9.62 Å². The summed E-state index contributed by atoms with van der Waals surface area (Å²) in [5.41, 5.74) is 4.39. The van der Waals surface area contributed by atoms with Gasteiger partial charge in [0.15, 0.2) is 17.3 Å². The van der Waals surface area contributed by atoms with E-state index < -0.39 is 0 Å². The van der Waals surface area contributed by atoms with Crippen molar-refractivity contribution in [2.24, 2.45) is 5.10 Å². The second-order valence-corrected chi connectivity index (χ2v) is 4.71. The SMILES string of the molecule is COc1ccc(C=NNc2ccc3nnc(C)n3n2)c(OC)c1. The summed E-state index contributed by atoms with van der Waals surface area (Å²) in [7, 11) is 3.21. The first-order valence-corrected chi connectivity index (χ1v) is 6.91. The highest BCUT2D eigenvalue weighted by molar-refractivity contribution is 5.84. The van der Waals surface area contributed by atoms with Crippen LogP contribution >= 0.6 is 0 Å². The highest BCUT2D eigenvalue weighted by Gasteiger charge is 2.04. The number of nitrogens with one attached hydrogen (secondary N) is 1. The predicted molar refractivity (Wildman–Crippen MR) is 86.3 cm³/mol. The first-order chi connectivity index (χ1) is 11.2. The lowest BCUT2D eigenvalue weighted by Gasteiger charge is -2.07. The Balaban J connectivity index is 1.78. The molecule has 8 heteroatoms. The second-order valence-electron chi connectivity index (χ2n) is 4.71. The molecule has 1 N–H and O–H groups in total. The highest BCUT2D eigenvalue weighted by Crippen LogP contribution is 2.23. The van der Waals surface area contributed by atoms with Gasteiger partial charge in [-0.05, 0) is 31.2 Å². The number of hydrogen-bond donors (Lipinski definition) is 1. The number of methoxy groups -OCH3 is 2. The Labute approximate surface area is 132 Å². The average Bonchev–Trinajstić information content (AvgIpc) is 2.96. The van der Waals surface area contributed by atoms with E-state index in [0.29, 0.717) is 23.0 Å². The lowest BCUT2D eigenvalue weighted by molar-refractivity contribution is 0.394. The molecule has 0 bridgehead atoms. The van der Waals surface area contributed by atoms with E-state index in [-0.39, 0.29) is 0 Å². The number of fused-ring (bicyclic) bond motifs is 1. The van der Waals surface area contributed by atoms with Crippen LogP contribution in [-0.4, -0.2) is 40.2 Å². The molecule has 0 aliphatic rings. The molecule has 0 spiro atoms. The fourth-order valence-corrected chi connectivity index (χ4v) is 2.05. The minimum Gasteiger partial charge on any atom is -0.497 e. The van der Waals surface area contributed by atoms with Crippen LogP contribution in [0.25, 0.3) is 5.65 Å². The molecule has 0 aliphatic carbocycles. The number of aromatic nitrogens is 4. The van der Waals surface area contributed by atoms with E-state index in [2.05, 4.69) is 25.8 Å². The van der Waals surface area contributed by atoms with Gasteiger partial charge < -0.3 is 9.47 Å². The van der Waals surface area contributed by atoms with Gasteiger partial charge in [-0.3, -0.25) is 5.43 Å². The molecule has 8 nitrogen and oxygen atoms in total. The maximum Gasteiger partial charge on any atom is 0.178 e. The van der Waals surface area contributed by atoms with Crippen LogP contribution in [0.5, 0.6) is 11.5 Å². The van der Waals surface area contributed by atoms with E-state index in [0.717, 1.165) is 11.3 Å². The molecule has 0 saturated heterocycles. The molecule has 0 fully saturated rings. The maximum atomic E-state index is 5.32. The number of nitrogens with zero attached hydrogens (tertiary/aromatic N) is 5. The fraction of sp³-hybridized carbons (Fsp3) is 0.200. The third kappa shape index (κ3) is 3.05. The Kier molecular flexibility index (Phi) is 4.05. The molecule has 0 amide bonds. The number of benzene rings is 1. The van der Waals surface area contributed by atoms with Crippen molar-refractivity contribution >= 4 is 17.7 Å². The van der Waals surface area contributed by atoms with Crippen LogP contribution in [0.1, 0.15) is 11.4 Å². The summed E-state index contributed by atoms with van der Waals surface area (Å²) in [5, 5.41) is 16.5. The molecule has 0 radical (unpaired) electrons. The van der Waals surface area contributed by atoms with E-state index in [1.54, 1.807) is 37.1 Å². The molecule has 3 aromatic rings. The Morgan fingerprint density at radius 3 is 2.78 bits per heavy atom. The van der Waals surface area contributed by atoms with Gasteiger partial charge in [-0.15, -0.1) is 15.3 Å². The number of ether oxygens (including phenoxy) is 2. The molecule has 0 unspecified atom stereocenters. The number of hydrazone groups is 1. The van der Waals surface area contributed by atoms with E-state index in [9.17, 15) is 0 Å². The van der Waals surface area contributed by atoms with Crippen molar-refractivity contribution in [1.82, 2.24) is 19.8 Å². The molecule has 118 valence electrons. The van der Waals surface area contributed by atoms with Crippen molar-refractivity contribution < 1.29 is 9.47 Å². The first kappa shape index (κ1) is 14.8. The molecular weight excluding hydrogens is 296 g/mol. The fourth-order valence-electron chi connectivity index (χ4n) is 2.05. The second kappa shape index (κ2) is 6.30. The molecule has 2 heterocycles. The van der Waals surface area contributed by atoms with Crippen molar-refractivity contribution in [3.63, 3.8) is 0 Å². The Hall–Kier alpha value is -3.16. The summed E-state index contributed by atoms with van der Waals surface area (Å²) < 4.78 is 12.1. The van der Waals surface area contributed by atoms with Crippen LogP contribution in [0, 0.1) is 6.92 Å². The summed E-state index contributed by atoms with van der Waals surface area (Å²) in [5.74, 6) is 2.70. The highest BCUT2D eigenvalue weighted by atomic mass is 16.5. The minimum atomic E-state index is 0.587. The van der Waals surface area contributed by atoms with Crippen LogP contribution in [0.15, 0.2) is 35.4 Å². The van der Waals surface area contributed by atoms with Crippen molar-refractivity contribution in [3.8, 4) is 11.5 Å². The van der Waals surface area contributed by atoms with Gasteiger partial charge in [0.1, 0.15) is 11.5 Å². The summed E-state index contributed by atoms with van der Waals surface area (Å²) in [6.45, 7) is 1.84. The number of hydrogen-bond acceptors (Lipinski definition) is 7. The van der Waals surface area contributed by atoms with Crippen molar-refractivity contribution in [1.29, 1.82) is 0 Å². The zero-order valence-electron chi connectivity index (χ0n) is 13.0. The smallest absolute Gasteiger partial charge is 0.178 e. The summed E-state index contributed by atoms with van der Waals surface area (Å²) in [4.78, 5) is 0. The molecule has 23 heavy (non-hydrogen) atoms. The molecule has 2 aromatic heterocycles. The Bertz CT molecular complexity index is 858. The van der Waals surface area contributed by atoms with Crippen molar-refractivity contribution in [3.05, 3.63) is 41.7 Å². The lowest BCUT2D eigenvalue weighted by atomic mass is 10.2. The van der Waals surface area contributed by atoms with E-state index in [1.165, 1.54) is 0 Å². The topological polar surface area (TPSA) is 85.9 Å². The van der Waals surface area contributed by atoms with Gasteiger partial charge in [-0.25, -0.2) is 0 Å². The summed E-state index contributed by atoms with van der Waals surface area (Å²) in [6.07, 6.45) is 1.66. The van der Waals surface area contributed by atoms with Crippen LogP contribution in [0.3, 0.4) is 0 Å². The average molecular weight is 312 g/mol. The van der Waals surface area contributed by atoms with Gasteiger partial charge in [0, 0.05) is 11.6 Å². The standard InChI is InChI=1S/C15H16N6O2/c1-10-17-19-15-7-6-14(20-21(10)15)18-16-9-11-4-5-12(22-2)8-13(11)23-3/h4-9H,1-3H3,(H,18,20). The summed E-state index contributed by atoms with van der Waals surface area (Å²) in [6, 6.07) is 9.11. The van der Waals surface area contributed by atoms with Gasteiger partial charge in [0.05, 0.1) is 20.4 Å². The Morgan fingerprint density at radius 1 is 1.13 bits per heavy atom. The zero-order valence-corrected chi connectivity index (χ0v) is 13.0. The van der Waals surface area contributed by atoms with Crippen molar-refractivity contribution in [2.75, 3.05) is 19.6 Å². The largest absolute Gasteiger partial charge is 0.497 e. The van der Waals surface area contributed by atoms with Gasteiger partial charge >= 0.3 is 0 Å². The Morgan fingerprint density at radius 2 is 2.00 bits per heavy atom. The van der Waals surface area contributed by atoms with Gasteiger partial charge in [-0.1, -0.05) is 0 Å². The van der Waals surface area contributed by atoms with E-state index >= 15 is 0 Å². The minimum absolute atomic E-state index is 0.587. The van der Waals surface area contributed by atoms with Crippen LogP contribution in [-0.2, 0) is 0 Å². The predicted octanol–water partition coefficient (Wildman–Crippen LogP) is 1.90. The molecule has 0 atom stereocenters. The van der Waals surface area contributed by atoms with Gasteiger partial charge in [0.25, 0.3) is 0 Å². The van der Waals surface area contributed by atoms with Crippen LogP contribution in [0.4, 0.5) is 5.82 Å². The third-order valence-corrected chi connectivity index (χ3v) is 3.24. The maximum absolute atomic E-state index is 5.32. The summed E-state index contributed by atoms with van der Waals surface area (Å²) >= 11 is 0. The normalized spacial score (nSPS) is 11.1. The zero-order chi connectivity index (χ0) is 16.2. The molecule has 3 rings (SSSR count). The number of rotatable bonds is 5. The van der Waals surface area contributed by atoms with Gasteiger partial charge in [0.2, 0.25) is 0 Å². The number of anilines is 1. The quantitative estimate of drug-likeness (QED) is 0.572. The molecule has 1 aromatic carbocycles.